The second-order valence-corrected chi connectivity index (χ2v) is 8.91. The van der Waals surface area contributed by atoms with E-state index in [9.17, 15) is 26.3 Å². The molecule has 1 unspecified atom stereocenters. The van der Waals surface area contributed by atoms with Crippen LogP contribution in [-0.4, -0.2) is 80.9 Å². The van der Waals surface area contributed by atoms with Crippen LogP contribution in [0.3, 0.4) is 0 Å². The molecular weight excluding hydrogens is 544 g/mol. The molecule has 0 aliphatic carbocycles. The number of aryl methyl sites for hydroxylation is 2. The maximum atomic E-state index is 10.6. The largest absolute Gasteiger partial charge is 0.490 e. The maximum Gasteiger partial charge on any atom is 0.490 e. The van der Waals surface area contributed by atoms with E-state index in [1.807, 2.05) is 38.1 Å². The molecular formula is C23H27F6N3O7. The van der Waals surface area contributed by atoms with E-state index >= 15 is 0 Å². The van der Waals surface area contributed by atoms with E-state index in [2.05, 4.69) is 15.0 Å². The molecule has 0 amide bonds. The molecule has 4 rings (SSSR count). The molecule has 4 heterocycles. The number of halogens is 6. The van der Waals surface area contributed by atoms with Crippen molar-refractivity contribution < 1.29 is 60.1 Å². The Labute approximate surface area is 218 Å². The third kappa shape index (κ3) is 10.8. The molecule has 10 nitrogen and oxygen atoms in total. The fourth-order valence-corrected chi connectivity index (χ4v) is 3.83. The Morgan fingerprint density at radius 3 is 2.15 bits per heavy atom. The highest BCUT2D eigenvalue weighted by Crippen LogP contribution is 2.36. The van der Waals surface area contributed by atoms with Gasteiger partial charge in [-0.15, -0.1) is 0 Å². The lowest BCUT2D eigenvalue weighted by Gasteiger charge is -2.53. The summed E-state index contributed by atoms with van der Waals surface area (Å²) in [7, 11) is 0. The van der Waals surface area contributed by atoms with E-state index in [0.29, 0.717) is 6.61 Å². The highest BCUT2D eigenvalue weighted by molar-refractivity contribution is 5.73. The number of aromatic nitrogens is 2. The molecule has 2 saturated heterocycles. The SMILES string of the molecule is Cc1cccc(COC2CCOC3(C2)CN(Cc2cc(C)on2)C3)n1.O=C(O)C(F)(F)F.O=C(O)C(F)(F)F. The van der Waals surface area contributed by atoms with Gasteiger partial charge in [0.25, 0.3) is 0 Å². The van der Waals surface area contributed by atoms with Crippen molar-refractivity contribution >= 4 is 11.9 Å². The maximum absolute atomic E-state index is 10.6. The van der Waals surface area contributed by atoms with Crippen LogP contribution in [0.2, 0.25) is 0 Å². The molecule has 0 bridgehead atoms. The monoisotopic (exact) mass is 571 g/mol. The number of ether oxygens (including phenoxy) is 2. The Morgan fingerprint density at radius 2 is 1.67 bits per heavy atom. The van der Waals surface area contributed by atoms with Gasteiger partial charge in [-0.2, -0.15) is 26.3 Å². The van der Waals surface area contributed by atoms with Crippen molar-refractivity contribution in [3.05, 3.63) is 47.1 Å². The number of carbonyl (C=O) groups is 2. The number of aliphatic carboxylic acids is 2. The van der Waals surface area contributed by atoms with Gasteiger partial charge in [-0.25, -0.2) is 9.59 Å². The summed E-state index contributed by atoms with van der Waals surface area (Å²) in [6.07, 6.45) is -8.02. The number of nitrogens with zero attached hydrogens (tertiary/aromatic N) is 3. The van der Waals surface area contributed by atoms with Gasteiger partial charge in [0.05, 0.1) is 29.7 Å². The van der Waals surface area contributed by atoms with Crippen molar-refractivity contribution in [2.45, 2.75) is 63.9 Å². The van der Waals surface area contributed by atoms with Crippen LogP contribution in [0.1, 0.15) is 35.7 Å². The highest BCUT2D eigenvalue weighted by Gasteiger charge is 2.48. The summed E-state index contributed by atoms with van der Waals surface area (Å²) in [5.41, 5.74) is 2.96. The number of hydrogen-bond acceptors (Lipinski definition) is 8. The molecule has 218 valence electrons. The zero-order valence-corrected chi connectivity index (χ0v) is 20.9. The third-order valence-corrected chi connectivity index (χ3v) is 5.43. The Hall–Kier alpha value is -3.24. The van der Waals surface area contributed by atoms with Crippen molar-refractivity contribution in [3.8, 4) is 0 Å². The Kier molecular flexibility index (Phi) is 10.8. The standard InChI is InChI=1S/C19H25N3O3.2C2HF3O2/c1-14-4-3-5-16(20-14)11-23-18-6-7-24-19(9-18)12-22(13-19)10-17-8-15(2)25-21-17;2*3-2(4,5)1(6)7/h3-5,8,18H,6-7,9-13H2,1-2H3;2*(H,6,7). The molecule has 2 aromatic rings. The Balaban J connectivity index is 0.000000317. The van der Waals surface area contributed by atoms with Gasteiger partial charge < -0.3 is 24.2 Å². The summed E-state index contributed by atoms with van der Waals surface area (Å²) in [4.78, 5) is 24.6. The molecule has 2 aromatic heterocycles. The van der Waals surface area contributed by atoms with Gasteiger partial charge in [-0.3, -0.25) is 9.88 Å². The van der Waals surface area contributed by atoms with Gasteiger partial charge in [-0.1, -0.05) is 11.2 Å². The molecule has 0 saturated carbocycles. The van der Waals surface area contributed by atoms with E-state index in [4.69, 9.17) is 33.8 Å². The summed E-state index contributed by atoms with van der Waals surface area (Å²) in [5, 5.41) is 18.3. The molecule has 0 radical (unpaired) electrons. The minimum absolute atomic E-state index is 0.0538. The van der Waals surface area contributed by atoms with Crippen LogP contribution in [0, 0.1) is 13.8 Å². The zero-order valence-electron chi connectivity index (χ0n) is 20.9. The second kappa shape index (κ2) is 13.2. The number of likely N-dealkylation sites (tertiary alicyclic amines) is 1. The predicted octanol–water partition coefficient (Wildman–Crippen LogP) is 3.90. The zero-order chi connectivity index (χ0) is 29.4. The predicted molar refractivity (Wildman–Crippen MR) is 119 cm³/mol. The van der Waals surface area contributed by atoms with Gasteiger partial charge in [0.2, 0.25) is 0 Å². The van der Waals surface area contributed by atoms with Crippen LogP contribution in [0.5, 0.6) is 0 Å². The quantitative estimate of drug-likeness (QED) is 0.509. The Morgan fingerprint density at radius 1 is 1.08 bits per heavy atom. The molecule has 1 spiro atoms. The first-order chi connectivity index (χ1) is 18.0. The Bertz CT molecular complexity index is 1080. The van der Waals surface area contributed by atoms with Crippen LogP contribution in [0.4, 0.5) is 26.3 Å². The van der Waals surface area contributed by atoms with E-state index in [0.717, 1.165) is 61.9 Å². The van der Waals surface area contributed by atoms with Crippen molar-refractivity contribution in [3.63, 3.8) is 0 Å². The lowest BCUT2D eigenvalue weighted by Crippen LogP contribution is -2.65. The highest BCUT2D eigenvalue weighted by atomic mass is 19.4. The number of alkyl halides is 6. The molecule has 0 aromatic carbocycles. The van der Waals surface area contributed by atoms with E-state index in [-0.39, 0.29) is 11.7 Å². The van der Waals surface area contributed by atoms with Crippen molar-refractivity contribution in [2.24, 2.45) is 0 Å². The topological polar surface area (TPSA) is 135 Å². The number of carboxylic acid groups (broad SMARTS) is 2. The normalized spacial score (nSPS) is 18.7. The van der Waals surface area contributed by atoms with Gasteiger partial charge in [0, 0.05) is 44.4 Å². The van der Waals surface area contributed by atoms with Gasteiger partial charge in [0.15, 0.2) is 0 Å². The van der Waals surface area contributed by atoms with Crippen molar-refractivity contribution in [1.29, 1.82) is 0 Å². The van der Waals surface area contributed by atoms with Gasteiger partial charge in [0.1, 0.15) is 5.76 Å². The number of hydrogen-bond donors (Lipinski definition) is 2. The fourth-order valence-electron chi connectivity index (χ4n) is 3.83. The van der Waals surface area contributed by atoms with E-state index < -0.39 is 24.3 Å². The van der Waals surface area contributed by atoms with Crippen molar-refractivity contribution in [2.75, 3.05) is 19.7 Å². The van der Waals surface area contributed by atoms with E-state index in [1.54, 1.807) is 0 Å². The average molecular weight is 571 g/mol. The van der Waals surface area contributed by atoms with Crippen LogP contribution in [-0.2, 0) is 32.2 Å². The van der Waals surface area contributed by atoms with Gasteiger partial charge >= 0.3 is 24.3 Å². The number of rotatable bonds is 5. The third-order valence-electron chi connectivity index (χ3n) is 5.43. The van der Waals surface area contributed by atoms with E-state index in [1.165, 1.54) is 0 Å². The van der Waals surface area contributed by atoms with Crippen LogP contribution in [0.15, 0.2) is 28.8 Å². The minimum Gasteiger partial charge on any atom is -0.475 e. The average Bonchev–Trinajstić information content (AvgIpc) is 3.21. The second-order valence-electron chi connectivity index (χ2n) is 8.91. The van der Waals surface area contributed by atoms with Crippen LogP contribution in [0.25, 0.3) is 0 Å². The van der Waals surface area contributed by atoms with Crippen LogP contribution < -0.4 is 0 Å². The fraction of sp³-hybridized carbons (Fsp3) is 0.565. The summed E-state index contributed by atoms with van der Waals surface area (Å²) in [6.45, 7) is 7.95. The summed E-state index contributed by atoms with van der Waals surface area (Å²) in [5.74, 6) is -4.66. The first kappa shape index (κ1) is 32.0. The smallest absolute Gasteiger partial charge is 0.475 e. The number of pyridine rings is 1. The molecule has 39 heavy (non-hydrogen) atoms. The van der Waals surface area contributed by atoms with Crippen molar-refractivity contribution in [1.82, 2.24) is 15.0 Å². The molecule has 2 aliphatic heterocycles. The first-order valence-corrected chi connectivity index (χ1v) is 11.4. The summed E-state index contributed by atoms with van der Waals surface area (Å²) < 4.78 is 80.8. The molecule has 2 fully saturated rings. The minimum atomic E-state index is -5.08. The number of carboxylic acids is 2. The summed E-state index contributed by atoms with van der Waals surface area (Å²) >= 11 is 0. The van der Waals surface area contributed by atoms with Crippen LogP contribution >= 0.6 is 0 Å². The molecule has 2 N–H and O–H groups in total. The summed E-state index contributed by atoms with van der Waals surface area (Å²) in [6, 6.07) is 8.05. The lowest BCUT2D eigenvalue weighted by atomic mass is 9.84. The van der Waals surface area contributed by atoms with Gasteiger partial charge in [-0.05, 0) is 32.4 Å². The lowest BCUT2D eigenvalue weighted by molar-refractivity contribution is -0.200. The molecule has 16 heteroatoms. The molecule has 2 aliphatic rings. The molecule has 1 atom stereocenters. The first-order valence-electron chi connectivity index (χ1n) is 11.4.